The van der Waals surface area contributed by atoms with Gasteiger partial charge in [0.05, 0.1) is 20.6 Å². The highest BCUT2D eigenvalue weighted by Crippen LogP contribution is 2.37. The van der Waals surface area contributed by atoms with Gasteiger partial charge in [0, 0.05) is 12.1 Å². The van der Waals surface area contributed by atoms with Gasteiger partial charge in [-0.1, -0.05) is 42.5 Å². The van der Waals surface area contributed by atoms with Crippen molar-refractivity contribution in [3.05, 3.63) is 32.3 Å². The minimum atomic E-state index is -0.918. The number of benzene rings is 1. The third kappa shape index (κ3) is 3.53. The van der Waals surface area contributed by atoms with Crippen LogP contribution in [0.1, 0.15) is 32.1 Å². The second kappa shape index (κ2) is 6.16. The first-order valence-electron chi connectivity index (χ1n) is 6.40. The van der Waals surface area contributed by atoms with Crippen LogP contribution in [0, 0.1) is 10.1 Å². The summed E-state index contributed by atoms with van der Waals surface area (Å²) in [5.74, 6) is 0.0309. The Hall–Kier alpha value is -1.04. The van der Waals surface area contributed by atoms with Crippen LogP contribution in [-0.2, 0) is 0 Å². The third-order valence-electron chi connectivity index (χ3n) is 3.48. The molecule has 0 radical (unpaired) electrons. The minimum absolute atomic E-state index is 0.0196. The zero-order valence-electron chi connectivity index (χ0n) is 10.8. The van der Waals surface area contributed by atoms with Gasteiger partial charge < -0.3 is 9.84 Å². The predicted molar refractivity (Wildman–Crippen MR) is 76.6 cm³/mol. The van der Waals surface area contributed by atoms with Crippen molar-refractivity contribution in [1.82, 2.24) is 0 Å². The van der Waals surface area contributed by atoms with Crippen LogP contribution < -0.4 is 4.74 Å². The lowest BCUT2D eigenvalue weighted by atomic mass is 9.85. The Labute approximate surface area is 126 Å². The molecule has 5 nitrogen and oxygen atoms in total. The van der Waals surface area contributed by atoms with Gasteiger partial charge in [0.15, 0.2) is 5.75 Å². The Balaban J connectivity index is 2.16. The van der Waals surface area contributed by atoms with Crippen molar-refractivity contribution in [2.75, 3.05) is 6.61 Å². The molecule has 1 fully saturated rings. The Morgan fingerprint density at radius 3 is 2.45 bits per heavy atom. The lowest BCUT2D eigenvalue weighted by Crippen LogP contribution is -2.38. The molecule has 1 saturated carbocycles. The molecule has 1 aromatic rings. The summed E-state index contributed by atoms with van der Waals surface area (Å²) in [6.45, 7) is 0.0196. The molecule has 0 aromatic heterocycles. The molecule has 0 saturated heterocycles. The summed E-state index contributed by atoms with van der Waals surface area (Å²) in [5, 5.41) is 21.6. The van der Waals surface area contributed by atoms with E-state index in [0.29, 0.717) is 12.8 Å². The smallest absolute Gasteiger partial charge is 0.312 e. The number of ether oxygens (including phenoxy) is 1. The normalized spacial score (nSPS) is 17.8. The lowest BCUT2D eigenvalue weighted by Gasteiger charge is -2.31. The average molecular weight is 320 g/mol. The summed E-state index contributed by atoms with van der Waals surface area (Å²) in [4.78, 5) is 10.4. The number of nitro groups is 1. The van der Waals surface area contributed by atoms with Gasteiger partial charge in [0.2, 0.25) is 0 Å². The fourth-order valence-corrected chi connectivity index (χ4v) is 2.65. The van der Waals surface area contributed by atoms with Crippen LogP contribution >= 0.6 is 23.2 Å². The van der Waals surface area contributed by atoms with E-state index in [2.05, 4.69) is 0 Å². The monoisotopic (exact) mass is 319 g/mol. The topological polar surface area (TPSA) is 72.6 Å². The van der Waals surface area contributed by atoms with Gasteiger partial charge in [0.25, 0.3) is 0 Å². The second-order valence-electron chi connectivity index (χ2n) is 5.06. The van der Waals surface area contributed by atoms with E-state index < -0.39 is 10.5 Å². The molecule has 1 aliphatic carbocycles. The van der Waals surface area contributed by atoms with E-state index in [9.17, 15) is 15.2 Å². The van der Waals surface area contributed by atoms with Crippen LogP contribution in [0.15, 0.2) is 12.1 Å². The maximum absolute atomic E-state index is 11.0. The van der Waals surface area contributed by atoms with E-state index in [-0.39, 0.29) is 28.1 Å². The quantitative estimate of drug-likeness (QED) is 0.673. The number of nitrogens with zero attached hydrogens (tertiary/aromatic N) is 1. The zero-order chi connectivity index (χ0) is 14.8. The van der Waals surface area contributed by atoms with Crippen LogP contribution in [0.2, 0.25) is 10.0 Å². The molecule has 0 heterocycles. The number of hydrogen-bond acceptors (Lipinski definition) is 4. The van der Waals surface area contributed by atoms with Crippen LogP contribution in [0.5, 0.6) is 5.75 Å². The third-order valence-corrected chi connectivity index (χ3v) is 4.20. The minimum Gasteiger partial charge on any atom is -0.484 e. The number of rotatable bonds is 4. The Morgan fingerprint density at radius 2 is 1.85 bits per heavy atom. The van der Waals surface area contributed by atoms with Crippen molar-refractivity contribution in [2.45, 2.75) is 37.7 Å². The molecule has 1 aliphatic rings. The zero-order valence-corrected chi connectivity index (χ0v) is 12.3. The van der Waals surface area contributed by atoms with Crippen molar-refractivity contribution in [3.63, 3.8) is 0 Å². The molecular formula is C13H15Cl2NO4. The van der Waals surface area contributed by atoms with Gasteiger partial charge in [-0.05, 0) is 12.8 Å². The fourth-order valence-electron chi connectivity index (χ4n) is 2.34. The second-order valence-corrected chi connectivity index (χ2v) is 5.88. The molecule has 0 unspecified atom stereocenters. The summed E-state index contributed by atoms with van der Waals surface area (Å²) in [5.41, 5.74) is -1.17. The van der Waals surface area contributed by atoms with Crippen LogP contribution in [0.4, 0.5) is 5.69 Å². The van der Waals surface area contributed by atoms with Crippen molar-refractivity contribution in [3.8, 4) is 5.75 Å². The first-order chi connectivity index (χ1) is 9.41. The summed E-state index contributed by atoms with van der Waals surface area (Å²) in [6.07, 6.45) is 4.24. The first kappa shape index (κ1) is 15.4. The molecule has 0 atom stereocenters. The average Bonchev–Trinajstić information content (AvgIpc) is 2.40. The molecule has 2 rings (SSSR count). The molecule has 0 spiro atoms. The Morgan fingerprint density at radius 1 is 1.25 bits per heavy atom. The highest BCUT2D eigenvalue weighted by Gasteiger charge is 2.31. The SMILES string of the molecule is O=[N+]([O-])c1cc(Cl)c(Cl)cc1OCC1(O)CCCCC1. The molecule has 0 aliphatic heterocycles. The van der Waals surface area contributed by atoms with Crippen LogP contribution in [-0.4, -0.2) is 22.2 Å². The van der Waals surface area contributed by atoms with Crippen LogP contribution in [0.25, 0.3) is 0 Å². The predicted octanol–water partition coefficient (Wildman–Crippen LogP) is 3.98. The molecule has 1 aromatic carbocycles. The largest absolute Gasteiger partial charge is 0.484 e. The van der Waals surface area contributed by atoms with Crippen molar-refractivity contribution >= 4 is 28.9 Å². The van der Waals surface area contributed by atoms with Gasteiger partial charge in [-0.3, -0.25) is 10.1 Å². The first-order valence-corrected chi connectivity index (χ1v) is 7.15. The molecule has 20 heavy (non-hydrogen) atoms. The highest BCUT2D eigenvalue weighted by atomic mass is 35.5. The van der Waals surface area contributed by atoms with Gasteiger partial charge >= 0.3 is 5.69 Å². The van der Waals surface area contributed by atoms with E-state index in [1.165, 1.54) is 6.07 Å². The maximum atomic E-state index is 11.0. The maximum Gasteiger partial charge on any atom is 0.312 e. The number of halogens is 2. The number of hydrogen-bond donors (Lipinski definition) is 1. The van der Waals surface area contributed by atoms with Gasteiger partial charge in [-0.15, -0.1) is 0 Å². The van der Waals surface area contributed by atoms with Crippen LogP contribution in [0.3, 0.4) is 0 Å². The van der Waals surface area contributed by atoms with E-state index in [1.807, 2.05) is 0 Å². The van der Waals surface area contributed by atoms with E-state index in [4.69, 9.17) is 27.9 Å². The lowest BCUT2D eigenvalue weighted by molar-refractivity contribution is -0.386. The summed E-state index contributed by atoms with van der Waals surface area (Å²) >= 11 is 11.6. The molecule has 7 heteroatoms. The number of nitro benzene ring substituents is 1. The van der Waals surface area contributed by atoms with Crippen molar-refractivity contribution in [2.24, 2.45) is 0 Å². The summed E-state index contributed by atoms with van der Waals surface area (Å²) in [7, 11) is 0. The van der Waals surface area contributed by atoms with E-state index in [0.717, 1.165) is 25.3 Å². The fraction of sp³-hybridized carbons (Fsp3) is 0.538. The standard InChI is InChI=1S/C13H15Cl2NO4/c14-9-6-11(16(18)19)12(7-10(9)15)20-8-13(17)4-2-1-3-5-13/h6-7,17H,1-5,8H2. The molecule has 110 valence electrons. The molecule has 0 amide bonds. The molecule has 1 N–H and O–H groups in total. The molecular weight excluding hydrogens is 305 g/mol. The Bertz CT molecular complexity index is 515. The van der Waals surface area contributed by atoms with Gasteiger partial charge in [0.1, 0.15) is 6.61 Å². The number of aliphatic hydroxyl groups is 1. The van der Waals surface area contributed by atoms with Crippen molar-refractivity contribution in [1.29, 1.82) is 0 Å². The Kier molecular flexibility index (Phi) is 4.73. The van der Waals surface area contributed by atoms with E-state index in [1.54, 1.807) is 0 Å². The summed E-state index contributed by atoms with van der Waals surface area (Å²) < 4.78 is 5.44. The summed E-state index contributed by atoms with van der Waals surface area (Å²) in [6, 6.07) is 2.47. The van der Waals surface area contributed by atoms with Crippen molar-refractivity contribution < 1.29 is 14.8 Å². The van der Waals surface area contributed by atoms with Gasteiger partial charge in [-0.25, -0.2) is 0 Å². The van der Waals surface area contributed by atoms with Gasteiger partial charge in [-0.2, -0.15) is 0 Å². The molecule has 0 bridgehead atoms. The highest BCUT2D eigenvalue weighted by molar-refractivity contribution is 6.42. The van der Waals surface area contributed by atoms with E-state index >= 15 is 0 Å².